The molecule has 9 heteroatoms. The lowest BCUT2D eigenvalue weighted by atomic mass is 9.73. The van der Waals surface area contributed by atoms with Gasteiger partial charge in [0.1, 0.15) is 5.75 Å². The van der Waals surface area contributed by atoms with Crippen molar-refractivity contribution in [2.75, 3.05) is 25.1 Å². The van der Waals surface area contributed by atoms with E-state index in [2.05, 4.69) is 5.32 Å². The smallest absolute Gasteiger partial charge is 0.420 e. The van der Waals surface area contributed by atoms with Crippen LogP contribution in [0.25, 0.3) is 0 Å². The summed E-state index contributed by atoms with van der Waals surface area (Å²) in [5.41, 5.74) is -1.41. The Morgan fingerprint density at radius 3 is 2.47 bits per heavy atom. The summed E-state index contributed by atoms with van der Waals surface area (Å²) in [5.74, 6) is -0.739. The van der Waals surface area contributed by atoms with Gasteiger partial charge >= 0.3 is 6.18 Å². The van der Waals surface area contributed by atoms with Crippen LogP contribution in [0.15, 0.2) is 36.4 Å². The molecule has 0 bridgehead atoms. The third-order valence-corrected chi connectivity index (χ3v) is 5.62. The maximum absolute atomic E-state index is 13.4. The van der Waals surface area contributed by atoms with Gasteiger partial charge in [-0.25, -0.2) is 0 Å². The van der Waals surface area contributed by atoms with Gasteiger partial charge in [-0.05, 0) is 55.7 Å². The summed E-state index contributed by atoms with van der Waals surface area (Å²) in [6.07, 6.45) is -3.95. The Labute approximate surface area is 182 Å². The minimum Gasteiger partial charge on any atom is -0.493 e. The predicted octanol–water partition coefficient (Wildman–Crippen LogP) is 6.10. The summed E-state index contributed by atoms with van der Waals surface area (Å²) in [6, 6.07) is 8.31. The van der Waals surface area contributed by atoms with Crippen LogP contribution < -0.4 is 10.1 Å². The topological polar surface area (TPSA) is 47.6 Å². The van der Waals surface area contributed by atoms with E-state index in [1.165, 1.54) is 12.1 Å². The van der Waals surface area contributed by atoms with Gasteiger partial charge in [-0.15, -0.1) is 0 Å². The average Bonchev–Trinajstić information content (AvgIpc) is 2.69. The molecule has 0 atom stereocenters. The second kappa shape index (κ2) is 9.04. The number of rotatable bonds is 5. The van der Waals surface area contributed by atoms with Gasteiger partial charge in [-0.3, -0.25) is 4.79 Å². The summed E-state index contributed by atoms with van der Waals surface area (Å²) in [5, 5.41) is 3.38. The van der Waals surface area contributed by atoms with E-state index in [9.17, 15) is 18.0 Å². The summed E-state index contributed by atoms with van der Waals surface area (Å²) in [4.78, 5) is 13.3. The van der Waals surface area contributed by atoms with Gasteiger partial charge in [0.25, 0.3) is 0 Å². The van der Waals surface area contributed by atoms with Crippen LogP contribution in [0.2, 0.25) is 10.0 Å². The summed E-state index contributed by atoms with van der Waals surface area (Å²) >= 11 is 12.4. The third-order valence-electron chi connectivity index (χ3n) is 5.07. The molecule has 0 aliphatic carbocycles. The maximum Gasteiger partial charge on any atom is 0.420 e. The first-order chi connectivity index (χ1) is 14.2. The minimum absolute atomic E-state index is 0.0201. The molecule has 1 amide bonds. The Bertz CT molecular complexity index is 928. The average molecular weight is 462 g/mol. The van der Waals surface area contributed by atoms with E-state index in [1.807, 2.05) is 0 Å². The van der Waals surface area contributed by atoms with Crippen molar-refractivity contribution in [1.82, 2.24) is 0 Å². The standard InChI is InChI=1S/C21H20Cl2F3NO3/c1-2-30-18-6-4-14(12-16(18)21(24,25)26)27-19(28)20(7-9-29-10-8-20)15-5-3-13(22)11-17(15)23/h3-6,11-12H,2,7-10H2,1H3,(H,27,28). The van der Waals surface area contributed by atoms with E-state index < -0.39 is 23.1 Å². The first kappa shape index (κ1) is 22.7. The Morgan fingerprint density at radius 1 is 1.17 bits per heavy atom. The molecule has 1 aliphatic rings. The molecule has 1 fully saturated rings. The van der Waals surface area contributed by atoms with E-state index in [1.54, 1.807) is 25.1 Å². The number of nitrogens with one attached hydrogen (secondary N) is 1. The summed E-state index contributed by atoms with van der Waals surface area (Å²) in [7, 11) is 0. The Hall–Kier alpha value is -1.96. The van der Waals surface area contributed by atoms with Crippen molar-refractivity contribution in [1.29, 1.82) is 0 Å². The van der Waals surface area contributed by atoms with Crippen LogP contribution >= 0.6 is 23.2 Å². The Kier molecular flexibility index (Phi) is 6.84. The highest BCUT2D eigenvalue weighted by Crippen LogP contribution is 2.42. The fourth-order valence-corrected chi connectivity index (χ4v) is 4.17. The van der Waals surface area contributed by atoms with E-state index in [4.69, 9.17) is 32.7 Å². The lowest BCUT2D eigenvalue weighted by Crippen LogP contribution is -2.45. The molecule has 1 aliphatic heterocycles. The predicted molar refractivity (Wildman–Crippen MR) is 109 cm³/mol. The van der Waals surface area contributed by atoms with Gasteiger partial charge in [0.2, 0.25) is 5.91 Å². The normalized spacial score (nSPS) is 16.2. The van der Waals surface area contributed by atoms with Gasteiger partial charge < -0.3 is 14.8 Å². The number of hydrogen-bond donors (Lipinski definition) is 1. The zero-order valence-corrected chi connectivity index (χ0v) is 17.6. The summed E-state index contributed by atoms with van der Waals surface area (Å²) in [6.45, 7) is 2.33. The fraction of sp³-hybridized carbons (Fsp3) is 0.381. The number of benzene rings is 2. The molecular formula is C21H20Cl2F3NO3. The SMILES string of the molecule is CCOc1ccc(NC(=O)C2(c3ccc(Cl)cc3Cl)CCOCC2)cc1C(F)(F)F. The number of hydrogen-bond acceptors (Lipinski definition) is 3. The molecular weight excluding hydrogens is 442 g/mol. The van der Waals surface area contributed by atoms with Crippen molar-refractivity contribution in [3.8, 4) is 5.75 Å². The van der Waals surface area contributed by atoms with Crippen molar-refractivity contribution in [2.24, 2.45) is 0 Å². The molecule has 0 spiro atoms. The van der Waals surface area contributed by atoms with Crippen LogP contribution in [-0.2, 0) is 21.1 Å². The number of anilines is 1. The molecule has 0 unspecified atom stereocenters. The third kappa shape index (κ3) is 4.68. The molecule has 30 heavy (non-hydrogen) atoms. The highest BCUT2D eigenvalue weighted by molar-refractivity contribution is 6.35. The van der Waals surface area contributed by atoms with Crippen LogP contribution in [0.5, 0.6) is 5.75 Å². The first-order valence-corrected chi connectivity index (χ1v) is 10.1. The van der Waals surface area contributed by atoms with Crippen LogP contribution in [0.1, 0.15) is 30.9 Å². The molecule has 0 saturated carbocycles. The van der Waals surface area contributed by atoms with E-state index in [0.717, 1.165) is 6.07 Å². The molecule has 0 aromatic heterocycles. The number of alkyl halides is 3. The monoisotopic (exact) mass is 461 g/mol. The Morgan fingerprint density at radius 2 is 1.87 bits per heavy atom. The largest absolute Gasteiger partial charge is 0.493 e. The Balaban J connectivity index is 1.97. The lowest BCUT2D eigenvalue weighted by Gasteiger charge is -2.37. The molecule has 4 nitrogen and oxygen atoms in total. The van der Waals surface area contributed by atoms with E-state index in [0.29, 0.717) is 41.7 Å². The van der Waals surface area contributed by atoms with Gasteiger partial charge in [-0.1, -0.05) is 29.3 Å². The first-order valence-electron chi connectivity index (χ1n) is 9.36. The highest BCUT2D eigenvalue weighted by Gasteiger charge is 2.43. The molecule has 162 valence electrons. The fourth-order valence-electron chi connectivity index (χ4n) is 3.58. The van der Waals surface area contributed by atoms with Gasteiger partial charge in [0.15, 0.2) is 0 Å². The molecule has 1 saturated heterocycles. The van der Waals surface area contributed by atoms with E-state index in [-0.39, 0.29) is 18.0 Å². The molecule has 2 aromatic carbocycles. The summed E-state index contributed by atoms with van der Waals surface area (Å²) < 4.78 is 50.8. The molecule has 1 N–H and O–H groups in total. The van der Waals surface area contributed by atoms with Gasteiger partial charge in [0, 0.05) is 28.9 Å². The molecule has 2 aromatic rings. The lowest BCUT2D eigenvalue weighted by molar-refractivity contribution is -0.139. The minimum atomic E-state index is -4.62. The van der Waals surface area contributed by atoms with Crippen LogP contribution in [0.3, 0.4) is 0 Å². The van der Waals surface area contributed by atoms with Gasteiger partial charge in [0.05, 0.1) is 17.6 Å². The number of carbonyl (C=O) groups is 1. The number of halogens is 5. The number of amides is 1. The zero-order chi connectivity index (χ0) is 21.9. The molecule has 0 radical (unpaired) electrons. The van der Waals surface area contributed by atoms with Crippen molar-refractivity contribution in [2.45, 2.75) is 31.4 Å². The number of carbonyl (C=O) groups excluding carboxylic acids is 1. The van der Waals surface area contributed by atoms with Crippen molar-refractivity contribution >= 4 is 34.8 Å². The zero-order valence-electron chi connectivity index (χ0n) is 16.1. The number of ether oxygens (including phenoxy) is 2. The van der Waals surface area contributed by atoms with Crippen molar-refractivity contribution in [3.05, 3.63) is 57.6 Å². The second-order valence-electron chi connectivity index (χ2n) is 6.91. The van der Waals surface area contributed by atoms with Crippen LogP contribution in [-0.4, -0.2) is 25.7 Å². The van der Waals surface area contributed by atoms with Crippen molar-refractivity contribution < 1.29 is 27.4 Å². The van der Waals surface area contributed by atoms with Crippen LogP contribution in [0, 0.1) is 0 Å². The maximum atomic E-state index is 13.4. The van der Waals surface area contributed by atoms with Crippen LogP contribution in [0.4, 0.5) is 18.9 Å². The van der Waals surface area contributed by atoms with E-state index >= 15 is 0 Å². The molecule has 1 heterocycles. The van der Waals surface area contributed by atoms with Gasteiger partial charge in [-0.2, -0.15) is 13.2 Å². The second-order valence-corrected chi connectivity index (χ2v) is 7.76. The quantitative estimate of drug-likeness (QED) is 0.585. The van der Waals surface area contributed by atoms with Crippen molar-refractivity contribution in [3.63, 3.8) is 0 Å². The molecule has 3 rings (SSSR count). The highest BCUT2D eigenvalue weighted by atomic mass is 35.5.